The van der Waals surface area contributed by atoms with Crippen molar-refractivity contribution in [1.82, 2.24) is 0 Å². The van der Waals surface area contributed by atoms with E-state index in [0.717, 1.165) is 122 Å². The summed E-state index contributed by atoms with van der Waals surface area (Å²) in [4.78, 5) is 37.8. The van der Waals surface area contributed by atoms with Crippen LogP contribution in [0.1, 0.15) is 175 Å². The first-order chi connectivity index (χ1) is 30.0. The summed E-state index contributed by atoms with van der Waals surface area (Å²) in [7, 11) is 0. The number of unbranched alkanes of at least 4 members (excludes halogenated alkanes) is 7. The van der Waals surface area contributed by atoms with Crippen molar-refractivity contribution >= 4 is 17.9 Å². The Morgan fingerprint density at radius 2 is 0.623 bits per heavy atom. The number of carbonyl (C=O) groups is 3. The zero-order valence-corrected chi connectivity index (χ0v) is 38.6. The molecule has 0 spiro atoms. The van der Waals surface area contributed by atoms with Gasteiger partial charge in [0.1, 0.15) is 13.2 Å². The Kier molecular flexibility index (Phi) is 44.7. The minimum atomic E-state index is -0.836. The van der Waals surface area contributed by atoms with Crippen molar-refractivity contribution < 1.29 is 28.6 Å². The Bertz CT molecular complexity index is 1380. The van der Waals surface area contributed by atoms with Crippen LogP contribution in [0.4, 0.5) is 0 Å². The van der Waals surface area contributed by atoms with Crippen molar-refractivity contribution in [3.8, 4) is 0 Å². The molecule has 0 saturated heterocycles. The number of hydrogen-bond donors (Lipinski definition) is 0. The van der Waals surface area contributed by atoms with Crippen LogP contribution in [0.3, 0.4) is 0 Å². The molecular weight excluding hydrogens is 757 g/mol. The lowest BCUT2D eigenvalue weighted by Gasteiger charge is -2.18. The molecule has 0 aliphatic heterocycles. The number of allylic oxidation sites excluding steroid dienone is 22. The topological polar surface area (TPSA) is 78.9 Å². The van der Waals surface area contributed by atoms with Crippen molar-refractivity contribution in [1.29, 1.82) is 0 Å². The van der Waals surface area contributed by atoms with Crippen LogP contribution in [0, 0.1) is 0 Å². The van der Waals surface area contributed by atoms with Crippen LogP contribution >= 0.6 is 0 Å². The fourth-order valence-electron chi connectivity index (χ4n) is 5.69. The number of carbonyl (C=O) groups excluding carboxylic acids is 3. The lowest BCUT2D eigenvalue weighted by atomic mass is 10.1. The third-order valence-electron chi connectivity index (χ3n) is 9.14. The van der Waals surface area contributed by atoms with Crippen molar-refractivity contribution in [2.45, 2.75) is 181 Å². The molecule has 0 heterocycles. The van der Waals surface area contributed by atoms with E-state index in [1.165, 1.54) is 0 Å². The van der Waals surface area contributed by atoms with E-state index in [2.05, 4.69) is 142 Å². The molecule has 0 saturated carbocycles. The summed E-state index contributed by atoms with van der Waals surface area (Å²) < 4.78 is 16.6. The van der Waals surface area contributed by atoms with E-state index in [1.54, 1.807) is 0 Å². The van der Waals surface area contributed by atoms with Crippen LogP contribution < -0.4 is 0 Å². The monoisotopic (exact) mass is 841 g/mol. The van der Waals surface area contributed by atoms with Crippen LogP contribution in [-0.2, 0) is 28.6 Å². The molecule has 0 aliphatic rings. The number of esters is 3. The average Bonchev–Trinajstić information content (AvgIpc) is 3.26. The van der Waals surface area contributed by atoms with Gasteiger partial charge in [0.15, 0.2) is 6.10 Å². The molecular formula is C55H84O6. The first kappa shape index (κ1) is 56.5. The quantitative estimate of drug-likeness (QED) is 0.0265. The summed E-state index contributed by atoms with van der Waals surface area (Å²) in [5, 5.41) is 0. The molecule has 0 aromatic carbocycles. The zero-order valence-electron chi connectivity index (χ0n) is 38.6. The van der Waals surface area contributed by atoms with E-state index in [1.807, 2.05) is 12.2 Å². The van der Waals surface area contributed by atoms with Crippen molar-refractivity contribution in [3.05, 3.63) is 134 Å². The molecule has 0 aliphatic carbocycles. The molecule has 1 unspecified atom stereocenters. The number of hydrogen-bond acceptors (Lipinski definition) is 6. The van der Waals surface area contributed by atoms with Gasteiger partial charge in [-0.25, -0.2) is 0 Å². The van der Waals surface area contributed by atoms with Crippen LogP contribution in [0.5, 0.6) is 0 Å². The highest BCUT2D eigenvalue weighted by Gasteiger charge is 2.19. The highest BCUT2D eigenvalue weighted by Crippen LogP contribution is 2.11. The van der Waals surface area contributed by atoms with Crippen LogP contribution in [0.2, 0.25) is 0 Å². The third-order valence-corrected chi connectivity index (χ3v) is 9.14. The van der Waals surface area contributed by atoms with E-state index >= 15 is 0 Å². The van der Waals surface area contributed by atoms with Crippen LogP contribution in [-0.4, -0.2) is 37.2 Å². The summed E-state index contributed by atoms with van der Waals surface area (Å²) in [5.74, 6) is -1.09. The molecule has 1 atom stereocenters. The summed E-state index contributed by atoms with van der Waals surface area (Å²) in [6.07, 6.45) is 67.3. The van der Waals surface area contributed by atoms with Crippen molar-refractivity contribution in [2.75, 3.05) is 13.2 Å². The van der Waals surface area contributed by atoms with Gasteiger partial charge in [0.25, 0.3) is 0 Å². The maximum Gasteiger partial charge on any atom is 0.306 e. The van der Waals surface area contributed by atoms with E-state index in [0.29, 0.717) is 12.8 Å². The molecule has 61 heavy (non-hydrogen) atoms. The Hall–Kier alpha value is -4.45. The molecule has 340 valence electrons. The van der Waals surface area contributed by atoms with Gasteiger partial charge in [-0.1, -0.05) is 174 Å². The predicted octanol–water partition coefficient (Wildman–Crippen LogP) is 15.5. The smallest absolute Gasteiger partial charge is 0.306 e. The number of ether oxygens (including phenoxy) is 3. The zero-order chi connectivity index (χ0) is 44.4. The summed E-state index contributed by atoms with van der Waals surface area (Å²) in [6.45, 7) is 6.14. The SMILES string of the molecule is CC/C=C\C/C=C\C/C=C\C/C=C\CCCCC(=O)OCC(COC(=O)CC/C=C\C/C=C\C/C=C\C/C=C\CC)OC(=O)CCCCCCC/C=C\C/C=C\C/C=C\CC. The lowest BCUT2D eigenvalue weighted by molar-refractivity contribution is -0.166. The van der Waals surface area contributed by atoms with Crippen LogP contribution in [0.25, 0.3) is 0 Å². The van der Waals surface area contributed by atoms with Crippen molar-refractivity contribution in [3.63, 3.8) is 0 Å². The predicted molar refractivity (Wildman–Crippen MR) is 260 cm³/mol. The average molecular weight is 841 g/mol. The minimum absolute atomic E-state index is 0.134. The van der Waals surface area contributed by atoms with Crippen LogP contribution in [0.15, 0.2) is 134 Å². The van der Waals surface area contributed by atoms with Crippen molar-refractivity contribution in [2.24, 2.45) is 0 Å². The maximum absolute atomic E-state index is 12.8. The Labute approximate surface area is 373 Å². The highest BCUT2D eigenvalue weighted by atomic mass is 16.6. The molecule has 0 N–H and O–H groups in total. The fourth-order valence-corrected chi connectivity index (χ4v) is 5.69. The third kappa shape index (κ3) is 46.5. The van der Waals surface area contributed by atoms with Gasteiger partial charge in [-0.3, -0.25) is 14.4 Å². The standard InChI is InChI=1S/C55H84O6/c1-4-7-10-13-16-19-22-25-27-30-33-36-39-42-45-48-54(57)60-51-52(50-59-53(56)47-44-41-38-35-32-29-24-21-18-15-12-9-6-3)61-55(58)49-46-43-40-37-34-31-28-26-23-20-17-14-11-8-5-2/h7-12,16-21,25-29,32-33,36,38,41,52H,4-6,13-15,22-24,30-31,34-35,37,39-40,42-51H2,1-3H3/b10-7-,11-8-,12-9-,19-16-,20-17-,21-18-,27-25-,28-26-,32-29-,36-33-,41-38-. The largest absolute Gasteiger partial charge is 0.462 e. The molecule has 0 aromatic rings. The molecule has 0 aromatic heterocycles. The van der Waals surface area contributed by atoms with Gasteiger partial charge in [-0.15, -0.1) is 0 Å². The molecule has 0 amide bonds. The second-order valence-electron chi connectivity index (χ2n) is 14.9. The molecule has 6 heteroatoms. The summed E-state index contributed by atoms with van der Waals surface area (Å²) in [6, 6.07) is 0. The molecule has 6 nitrogen and oxygen atoms in total. The van der Waals surface area contributed by atoms with E-state index in [-0.39, 0.29) is 50.4 Å². The number of rotatable bonds is 40. The summed E-state index contributed by atoms with van der Waals surface area (Å²) in [5.41, 5.74) is 0. The van der Waals surface area contributed by atoms with Gasteiger partial charge in [0.05, 0.1) is 0 Å². The molecule has 0 radical (unpaired) electrons. The van der Waals surface area contributed by atoms with Gasteiger partial charge < -0.3 is 14.2 Å². The Balaban J connectivity index is 4.61. The molecule has 0 fully saturated rings. The lowest BCUT2D eigenvalue weighted by Crippen LogP contribution is -2.30. The maximum atomic E-state index is 12.8. The highest BCUT2D eigenvalue weighted by molar-refractivity contribution is 5.71. The van der Waals surface area contributed by atoms with Gasteiger partial charge in [-0.2, -0.15) is 0 Å². The first-order valence-electron chi connectivity index (χ1n) is 23.7. The minimum Gasteiger partial charge on any atom is -0.462 e. The normalized spacial score (nSPS) is 13.3. The molecule has 0 rings (SSSR count). The van der Waals surface area contributed by atoms with Gasteiger partial charge in [-0.05, 0) is 116 Å². The van der Waals surface area contributed by atoms with Gasteiger partial charge >= 0.3 is 17.9 Å². The Morgan fingerprint density at radius 3 is 1.05 bits per heavy atom. The van der Waals surface area contributed by atoms with E-state index in [9.17, 15) is 14.4 Å². The van der Waals surface area contributed by atoms with Gasteiger partial charge in [0, 0.05) is 19.3 Å². The van der Waals surface area contributed by atoms with E-state index in [4.69, 9.17) is 14.2 Å². The fraction of sp³-hybridized carbons (Fsp3) is 0.545. The molecule has 0 bridgehead atoms. The first-order valence-corrected chi connectivity index (χ1v) is 23.7. The summed E-state index contributed by atoms with van der Waals surface area (Å²) >= 11 is 0. The van der Waals surface area contributed by atoms with E-state index < -0.39 is 6.10 Å². The second-order valence-corrected chi connectivity index (χ2v) is 14.9. The second kappa shape index (κ2) is 48.2. The van der Waals surface area contributed by atoms with Gasteiger partial charge in [0.2, 0.25) is 0 Å². The Morgan fingerprint density at radius 1 is 0.328 bits per heavy atom.